The van der Waals surface area contributed by atoms with E-state index < -0.39 is 12.1 Å². The maximum absolute atomic E-state index is 11.8. The van der Waals surface area contributed by atoms with Crippen molar-refractivity contribution in [3.05, 3.63) is 35.9 Å². The molecule has 3 heteroatoms. The molecule has 1 aromatic rings. The van der Waals surface area contributed by atoms with Gasteiger partial charge >= 0.3 is 5.97 Å². The molecule has 17 heavy (non-hydrogen) atoms. The molecule has 1 aromatic carbocycles. The molecule has 90 valence electrons. The topological polar surface area (TPSA) is 46.5 Å². The summed E-state index contributed by atoms with van der Waals surface area (Å²) in [6.07, 6.45) is -0.491. The first kappa shape index (κ1) is 13.3. The third-order valence-corrected chi connectivity index (χ3v) is 2.17. The molecule has 0 unspecified atom stereocenters. The van der Waals surface area contributed by atoms with Crippen LogP contribution in [0.1, 0.15) is 24.2 Å². The van der Waals surface area contributed by atoms with Gasteiger partial charge in [0.15, 0.2) is 6.10 Å². The Morgan fingerprint density at radius 3 is 2.53 bits per heavy atom. The van der Waals surface area contributed by atoms with Gasteiger partial charge in [0.1, 0.15) is 6.61 Å². The molecule has 0 aliphatic rings. The van der Waals surface area contributed by atoms with E-state index in [9.17, 15) is 4.79 Å². The van der Waals surface area contributed by atoms with Gasteiger partial charge < -0.3 is 9.84 Å². The summed E-state index contributed by atoms with van der Waals surface area (Å²) in [5.41, 5.74) is 0.504. The van der Waals surface area contributed by atoms with Crippen molar-refractivity contribution in [1.82, 2.24) is 0 Å². The number of ether oxygens (including phenoxy) is 1. The van der Waals surface area contributed by atoms with Crippen LogP contribution in [-0.2, 0) is 4.74 Å². The maximum Gasteiger partial charge on any atom is 0.339 e. The highest BCUT2D eigenvalue weighted by Crippen LogP contribution is 2.09. The van der Waals surface area contributed by atoms with Crippen LogP contribution in [0.4, 0.5) is 0 Å². The molecule has 0 spiro atoms. The molecule has 0 fully saturated rings. The Bertz CT molecular complexity index is 412. The molecule has 3 nitrogen and oxygen atoms in total. The summed E-state index contributed by atoms with van der Waals surface area (Å²) in [7, 11) is 0. The second kappa shape index (κ2) is 6.72. The molecule has 0 bridgehead atoms. The highest BCUT2D eigenvalue weighted by Gasteiger charge is 2.16. The molecule has 1 N–H and O–H groups in total. The van der Waals surface area contributed by atoms with E-state index in [4.69, 9.17) is 9.84 Å². The zero-order valence-corrected chi connectivity index (χ0v) is 10.0. The Balaban J connectivity index is 2.71. The van der Waals surface area contributed by atoms with Gasteiger partial charge in [0.2, 0.25) is 0 Å². The highest BCUT2D eigenvalue weighted by atomic mass is 16.5. The number of hydrogen-bond donors (Lipinski definition) is 1. The molecule has 0 amide bonds. The summed E-state index contributed by atoms with van der Waals surface area (Å²) < 4.78 is 5.28. The first-order valence-corrected chi connectivity index (χ1v) is 5.50. The third-order valence-electron chi connectivity index (χ3n) is 2.17. The van der Waals surface area contributed by atoms with Gasteiger partial charge in [-0.3, -0.25) is 0 Å². The Labute approximate surface area is 101 Å². The van der Waals surface area contributed by atoms with Crippen molar-refractivity contribution in [3.8, 4) is 11.8 Å². The van der Waals surface area contributed by atoms with Gasteiger partial charge in [0, 0.05) is 5.92 Å². The number of benzene rings is 1. The van der Waals surface area contributed by atoms with Crippen LogP contribution in [0.3, 0.4) is 0 Å². The number of hydrogen-bond acceptors (Lipinski definition) is 3. The SMILES string of the molecule is CC(C)[C@H](C#CCO)OC(=O)c1ccccc1. The van der Waals surface area contributed by atoms with Gasteiger partial charge in [0.05, 0.1) is 5.56 Å². The molecule has 1 rings (SSSR count). The molecule has 0 saturated carbocycles. The molecule has 0 heterocycles. The first-order valence-electron chi connectivity index (χ1n) is 5.50. The number of aliphatic hydroxyl groups excluding tert-OH is 1. The van der Waals surface area contributed by atoms with Crippen molar-refractivity contribution in [2.75, 3.05) is 6.61 Å². The van der Waals surface area contributed by atoms with Crippen LogP contribution in [0, 0.1) is 17.8 Å². The van der Waals surface area contributed by atoms with Crippen molar-refractivity contribution in [3.63, 3.8) is 0 Å². The number of aliphatic hydroxyl groups is 1. The van der Waals surface area contributed by atoms with E-state index in [1.165, 1.54) is 0 Å². The van der Waals surface area contributed by atoms with Gasteiger partial charge in [-0.15, -0.1) is 0 Å². The van der Waals surface area contributed by atoms with Crippen LogP contribution in [-0.4, -0.2) is 23.8 Å². The summed E-state index contributed by atoms with van der Waals surface area (Å²) in [5.74, 6) is 4.93. The van der Waals surface area contributed by atoms with Crippen molar-refractivity contribution in [1.29, 1.82) is 0 Å². The maximum atomic E-state index is 11.8. The van der Waals surface area contributed by atoms with Gasteiger partial charge in [-0.25, -0.2) is 4.79 Å². The van der Waals surface area contributed by atoms with Crippen LogP contribution >= 0.6 is 0 Å². The summed E-state index contributed by atoms with van der Waals surface area (Å²) in [6, 6.07) is 8.78. The monoisotopic (exact) mass is 232 g/mol. The van der Waals surface area contributed by atoms with E-state index in [1.807, 2.05) is 19.9 Å². The summed E-state index contributed by atoms with van der Waals surface area (Å²) in [6.45, 7) is 3.59. The molecule has 0 radical (unpaired) electrons. The fourth-order valence-electron chi connectivity index (χ4n) is 1.24. The van der Waals surface area contributed by atoms with Gasteiger partial charge in [-0.05, 0) is 12.1 Å². The quantitative estimate of drug-likeness (QED) is 0.639. The Hall–Kier alpha value is -1.79. The predicted octanol–water partition coefficient (Wildman–Crippen LogP) is 1.86. The Kier molecular flexibility index (Phi) is 5.25. The molecule has 0 aromatic heterocycles. The zero-order chi connectivity index (χ0) is 12.7. The summed E-state index contributed by atoms with van der Waals surface area (Å²) in [5, 5.41) is 8.63. The number of carbonyl (C=O) groups is 1. The lowest BCUT2D eigenvalue weighted by Gasteiger charge is -2.15. The van der Waals surface area contributed by atoms with E-state index in [2.05, 4.69) is 11.8 Å². The summed E-state index contributed by atoms with van der Waals surface area (Å²) >= 11 is 0. The average Bonchev–Trinajstić information content (AvgIpc) is 2.35. The van der Waals surface area contributed by atoms with E-state index in [-0.39, 0.29) is 12.5 Å². The number of rotatable bonds is 3. The second-order valence-electron chi connectivity index (χ2n) is 3.92. The molecular weight excluding hydrogens is 216 g/mol. The number of carbonyl (C=O) groups excluding carboxylic acids is 1. The standard InChI is InChI=1S/C14H16O3/c1-11(2)13(9-6-10-15)17-14(16)12-7-4-3-5-8-12/h3-5,7-8,11,13,15H,10H2,1-2H3/t13-/m0/s1. The van der Waals surface area contributed by atoms with Crippen LogP contribution in [0.5, 0.6) is 0 Å². The Morgan fingerprint density at radius 1 is 1.35 bits per heavy atom. The Morgan fingerprint density at radius 2 is 2.00 bits per heavy atom. The summed E-state index contributed by atoms with van der Waals surface area (Å²) in [4.78, 5) is 11.8. The smallest absolute Gasteiger partial charge is 0.339 e. The lowest BCUT2D eigenvalue weighted by atomic mass is 10.1. The highest BCUT2D eigenvalue weighted by molar-refractivity contribution is 5.89. The van der Waals surface area contributed by atoms with E-state index in [1.54, 1.807) is 24.3 Å². The second-order valence-corrected chi connectivity index (χ2v) is 3.92. The zero-order valence-electron chi connectivity index (χ0n) is 10.0. The van der Waals surface area contributed by atoms with E-state index in [0.29, 0.717) is 5.56 Å². The number of esters is 1. The van der Waals surface area contributed by atoms with Crippen LogP contribution in [0.25, 0.3) is 0 Å². The lowest BCUT2D eigenvalue weighted by molar-refractivity contribution is 0.0329. The normalized spacial score (nSPS) is 11.5. The average molecular weight is 232 g/mol. The van der Waals surface area contributed by atoms with Crippen molar-refractivity contribution in [2.24, 2.45) is 5.92 Å². The molecule has 0 saturated heterocycles. The molecule has 1 atom stereocenters. The van der Waals surface area contributed by atoms with Crippen LogP contribution < -0.4 is 0 Å². The van der Waals surface area contributed by atoms with Gasteiger partial charge in [0.25, 0.3) is 0 Å². The predicted molar refractivity (Wildman–Crippen MR) is 65.3 cm³/mol. The van der Waals surface area contributed by atoms with Gasteiger partial charge in [-0.1, -0.05) is 43.9 Å². The van der Waals surface area contributed by atoms with Crippen molar-refractivity contribution < 1.29 is 14.6 Å². The van der Waals surface area contributed by atoms with E-state index >= 15 is 0 Å². The molecule has 0 aliphatic heterocycles. The van der Waals surface area contributed by atoms with Crippen molar-refractivity contribution in [2.45, 2.75) is 20.0 Å². The minimum atomic E-state index is -0.491. The third kappa shape index (κ3) is 4.29. The van der Waals surface area contributed by atoms with Crippen LogP contribution in [0.2, 0.25) is 0 Å². The molecular formula is C14H16O3. The largest absolute Gasteiger partial charge is 0.445 e. The first-order chi connectivity index (χ1) is 8.15. The fourth-order valence-corrected chi connectivity index (χ4v) is 1.24. The van der Waals surface area contributed by atoms with E-state index in [0.717, 1.165) is 0 Å². The lowest BCUT2D eigenvalue weighted by Crippen LogP contribution is -2.22. The van der Waals surface area contributed by atoms with Gasteiger partial charge in [-0.2, -0.15) is 0 Å². The molecule has 0 aliphatic carbocycles. The minimum Gasteiger partial charge on any atom is -0.445 e. The van der Waals surface area contributed by atoms with Crippen molar-refractivity contribution >= 4 is 5.97 Å². The fraction of sp³-hybridized carbons (Fsp3) is 0.357. The van der Waals surface area contributed by atoms with Crippen LogP contribution in [0.15, 0.2) is 30.3 Å². The minimum absolute atomic E-state index is 0.0849.